The molecule has 2 fully saturated rings. The van der Waals surface area contributed by atoms with Gasteiger partial charge >= 0.3 is 11.6 Å². The molecule has 0 unspecified atom stereocenters. The van der Waals surface area contributed by atoms with Crippen molar-refractivity contribution in [1.29, 1.82) is 0 Å². The highest BCUT2D eigenvalue weighted by Gasteiger charge is 2.44. The van der Waals surface area contributed by atoms with Gasteiger partial charge < -0.3 is 43.8 Å². The molecule has 2 heterocycles. The fourth-order valence-electron chi connectivity index (χ4n) is 4.37. The highest BCUT2D eigenvalue weighted by molar-refractivity contribution is 5.87. The molecule has 1 saturated carbocycles. The van der Waals surface area contributed by atoms with Crippen LogP contribution < -0.4 is 19.8 Å². The van der Waals surface area contributed by atoms with Gasteiger partial charge in [-0.15, -0.1) is 0 Å². The van der Waals surface area contributed by atoms with E-state index in [1.807, 2.05) is 0 Å². The molecule has 1 aliphatic carbocycles. The van der Waals surface area contributed by atoms with E-state index in [1.165, 1.54) is 19.1 Å². The van der Waals surface area contributed by atoms with Gasteiger partial charge in [-0.25, -0.2) is 4.79 Å². The number of rotatable bonds is 6. The van der Waals surface area contributed by atoms with Gasteiger partial charge in [0.25, 0.3) is 5.75 Å². The van der Waals surface area contributed by atoms with Crippen molar-refractivity contribution in [3.8, 4) is 17.2 Å². The molecule has 1 aliphatic heterocycles. The van der Waals surface area contributed by atoms with Gasteiger partial charge in [-0.05, 0) is 43.7 Å². The van der Waals surface area contributed by atoms with Gasteiger partial charge in [0, 0.05) is 13.0 Å². The van der Waals surface area contributed by atoms with E-state index in [0.29, 0.717) is 11.3 Å². The van der Waals surface area contributed by atoms with Crippen LogP contribution in [0.25, 0.3) is 11.0 Å². The largest absolute Gasteiger partial charge is 0.485 e. The molecule has 2 aliphatic rings. The molecule has 0 radical (unpaired) electrons. The summed E-state index contributed by atoms with van der Waals surface area (Å²) in [6.07, 6.45) is -3.89. The molecule has 35 heavy (non-hydrogen) atoms. The van der Waals surface area contributed by atoms with Crippen LogP contribution in [-0.2, 0) is 9.53 Å². The lowest BCUT2D eigenvalue weighted by Gasteiger charge is -2.39. The summed E-state index contributed by atoms with van der Waals surface area (Å²) in [5.41, 5.74) is -0.830. The topological polar surface area (TPSA) is 165 Å². The standard InChI is InChI=1S/C24H30O11/c1-11-3-5-13(6-4-11)32-21-15-8-7-14(9-16(15)34-23(30)22(21)31-12(2)26)33-24-20(29)19(28)18(27)17(10-25)35-24/h7-9,11,13,17-20,24-25,27-29H,3-6,10H2,1-2H3/t11?,13?,17-,18-,19+,20+,24-/m1/s1. The first-order valence-electron chi connectivity index (χ1n) is 11.6. The van der Waals surface area contributed by atoms with E-state index in [9.17, 15) is 30.0 Å². The molecule has 11 heteroatoms. The van der Waals surface area contributed by atoms with E-state index >= 15 is 0 Å². The van der Waals surface area contributed by atoms with E-state index in [1.54, 1.807) is 6.07 Å². The average molecular weight is 494 g/mol. The quantitative estimate of drug-likeness (QED) is 0.332. The second-order valence-corrected chi connectivity index (χ2v) is 9.11. The number of carbonyl (C=O) groups excluding carboxylic acids is 1. The van der Waals surface area contributed by atoms with E-state index in [2.05, 4.69) is 6.92 Å². The summed E-state index contributed by atoms with van der Waals surface area (Å²) in [5, 5.41) is 39.9. The minimum absolute atomic E-state index is 0.0761. The monoisotopic (exact) mass is 494 g/mol. The summed E-state index contributed by atoms with van der Waals surface area (Å²) in [6, 6.07) is 4.41. The minimum atomic E-state index is -1.60. The van der Waals surface area contributed by atoms with E-state index < -0.39 is 48.9 Å². The van der Waals surface area contributed by atoms with Gasteiger partial charge in [-0.2, -0.15) is 0 Å². The van der Waals surface area contributed by atoms with Crippen molar-refractivity contribution < 1.29 is 48.6 Å². The number of hydrogen-bond donors (Lipinski definition) is 4. The van der Waals surface area contributed by atoms with Gasteiger partial charge in [-0.1, -0.05) is 6.92 Å². The Morgan fingerprint density at radius 2 is 1.74 bits per heavy atom. The van der Waals surface area contributed by atoms with E-state index in [4.69, 9.17) is 23.4 Å². The molecule has 1 saturated heterocycles. The van der Waals surface area contributed by atoms with E-state index in [-0.39, 0.29) is 28.9 Å². The summed E-state index contributed by atoms with van der Waals surface area (Å²) in [5.74, 6) is -0.219. The van der Waals surface area contributed by atoms with Crippen molar-refractivity contribution in [2.75, 3.05) is 6.61 Å². The zero-order valence-corrected chi connectivity index (χ0v) is 19.5. The Bertz CT molecular complexity index is 1100. The molecule has 4 rings (SSSR count). The van der Waals surface area contributed by atoms with Crippen LogP contribution in [0.5, 0.6) is 17.2 Å². The number of carbonyl (C=O) groups is 1. The zero-order valence-electron chi connectivity index (χ0n) is 19.5. The van der Waals surface area contributed by atoms with Crippen LogP contribution in [0.1, 0.15) is 39.5 Å². The third kappa shape index (κ3) is 5.44. The molecule has 192 valence electrons. The smallest absolute Gasteiger partial charge is 0.383 e. The van der Waals surface area contributed by atoms with Gasteiger partial charge in [-0.3, -0.25) is 4.79 Å². The number of esters is 1. The highest BCUT2D eigenvalue weighted by Crippen LogP contribution is 2.38. The number of fused-ring (bicyclic) bond motifs is 1. The Morgan fingerprint density at radius 1 is 1.03 bits per heavy atom. The van der Waals surface area contributed by atoms with Gasteiger partial charge in [0.1, 0.15) is 35.7 Å². The SMILES string of the molecule is CC(=O)Oc1c(OC2CCC(C)CC2)c2ccc(O[C@@H]3O[C@H](CO)[C@@H](O)[C@H](O)[C@@H]3O)cc2oc1=O. The Morgan fingerprint density at radius 3 is 2.40 bits per heavy atom. The Labute approximate surface area is 200 Å². The van der Waals surface area contributed by atoms with Crippen LogP contribution in [0.4, 0.5) is 0 Å². The van der Waals surface area contributed by atoms with Gasteiger partial charge in [0.05, 0.1) is 18.1 Å². The Kier molecular flexibility index (Phi) is 7.62. The third-order valence-electron chi connectivity index (χ3n) is 6.39. The number of aliphatic hydroxyl groups is 4. The molecular weight excluding hydrogens is 464 g/mol. The van der Waals surface area contributed by atoms with Crippen molar-refractivity contribution in [2.24, 2.45) is 5.92 Å². The lowest BCUT2D eigenvalue weighted by molar-refractivity contribution is -0.277. The fourth-order valence-corrected chi connectivity index (χ4v) is 4.37. The predicted octanol–water partition coefficient (Wildman–Crippen LogP) is 0.854. The number of hydrogen-bond acceptors (Lipinski definition) is 11. The van der Waals surface area contributed by atoms with Crippen molar-refractivity contribution in [2.45, 2.75) is 76.3 Å². The van der Waals surface area contributed by atoms with Crippen molar-refractivity contribution in [3.63, 3.8) is 0 Å². The third-order valence-corrected chi connectivity index (χ3v) is 6.39. The summed E-state index contributed by atoms with van der Waals surface area (Å²) in [7, 11) is 0. The highest BCUT2D eigenvalue weighted by atomic mass is 16.7. The van der Waals surface area contributed by atoms with Crippen molar-refractivity contribution in [3.05, 3.63) is 28.6 Å². The van der Waals surface area contributed by atoms with Crippen molar-refractivity contribution in [1.82, 2.24) is 0 Å². The summed E-state index contributed by atoms with van der Waals surface area (Å²) in [4.78, 5) is 24.3. The molecule has 5 atom stereocenters. The average Bonchev–Trinajstić information content (AvgIpc) is 2.82. The molecule has 0 amide bonds. The first kappa shape index (κ1) is 25.4. The van der Waals surface area contributed by atoms with Crippen LogP contribution in [0.2, 0.25) is 0 Å². The Hall–Kier alpha value is -2.70. The maximum absolute atomic E-state index is 12.7. The van der Waals surface area contributed by atoms with Crippen LogP contribution in [0.3, 0.4) is 0 Å². The molecule has 0 spiro atoms. The molecule has 11 nitrogen and oxygen atoms in total. The zero-order chi connectivity index (χ0) is 25.3. The van der Waals surface area contributed by atoms with Crippen LogP contribution in [0.15, 0.2) is 27.4 Å². The molecule has 1 aromatic heterocycles. The maximum Gasteiger partial charge on any atom is 0.383 e. The van der Waals surface area contributed by atoms with Crippen molar-refractivity contribution >= 4 is 16.9 Å². The number of aliphatic hydroxyl groups excluding tert-OH is 4. The maximum atomic E-state index is 12.7. The molecular formula is C24H30O11. The molecule has 2 aromatic rings. The fraction of sp³-hybridized carbons (Fsp3) is 0.583. The molecule has 1 aromatic carbocycles. The second-order valence-electron chi connectivity index (χ2n) is 9.11. The number of ether oxygens (including phenoxy) is 4. The van der Waals surface area contributed by atoms with Gasteiger partial charge in [0.15, 0.2) is 5.75 Å². The van der Waals surface area contributed by atoms with Crippen LogP contribution in [-0.4, -0.2) is 69.8 Å². The van der Waals surface area contributed by atoms with E-state index in [0.717, 1.165) is 25.7 Å². The summed E-state index contributed by atoms with van der Waals surface area (Å²) < 4.78 is 27.6. The summed E-state index contributed by atoms with van der Waals surface area (Å²) >= 11 is 0. The van der Waals surface area contributed by atoms with Gasteiger partial charge in [0.2, 0.25) is 6.29 Å². The Balaban J connectivity index is 1.66. The first-order valence-corrected chi connectivity index (χ1v) is 11.6. The molecule has 4 N–H and O–H groups in total. The lowest BCUT2D eigenvalue weighted by Crippen LogP contribution is -2.60. The molecule has 0 bridgehead atoms. The second kappa shape index (κ2) is 10.5. The summed E-state index contributed by atoms with van der Waals surface area (Å²) in [6.45, 7) is 2.74. The van der Waals surface area contributed by atoms with Crippen LogP contribution >= 0.6 is 0 Å². The first-order chi connectivity index (χ1) is 16.7. The normalized spacial score (nSPS) is 31.2. The predicted molar refractivity (Wildman–Crippen MR) is 120 cm³/mol. The van der Waals surface area contributed by atoms with Crippen LogP contribution in [0, 0.1) is 5.92 Å². The lowest BCUT2D eigenvalue weighted by atomic mass is 9.89. The minimum Gasteiger partial charge on any atom is -0.485 e. The number of benzene rings is 1.